The molecule has 0 aliphatic carbocycles. The van der Waals surface area contributed by atoms with Crippen LogP contribution in [-0.4, -0.2) is 25.5 Å². The minimum atomic E-state index is -0.376. The summed E-state index contributed by atoms with van der Waals surface area (Å²) in [6.45, 7) is 3.80. The summed E-state index contributed by atoms with van der Waals surface area (Å²) < 4.78 is 16.8. The molecule has 1 aliphatic rings. The molecule has 0 fully saturated rings. The third-order valence-electron chi connectivity index (χ3n) is 3.73. The Morgan fingerprint density at radius 3 is 2.92 bits per heavy atom. The number of rotatable bonds is 5. The number of fused-ring (bicyclic) bond motifs is 1. The van der Waals surface area contributed by atoms with Gasteiger partial charge in [-0.2, -0.15) is 5.10 Å². The topological polar surface area (TPSA) is 69.2 Å². The fraction of sp³-hybridized carbons (Fsp3) is 0.222. The van der Waals surface area contributed by atoms with Crippen LogP contribution in [0, 0.1) is 13.8 Å². The second-order valence-corrected chi connectivity index (χ2v) is 6.81. The molecule has 0 bridgehead atoms. The van der Waals surface area contributed by atoms with Crippen LogP contribution in [0.4, 0.5) is 0 Å². The third kappa shape index (κ3) is 4.11. The van der Waals surface area contributed by atoms with Crippen LogP contribution in [-0.2, 0) is 4.79 Å². The van der Waals surface area contributed by atoms with Gasteiger partial charge in [-0.05, 0) is 70.7 Å². The van der Waals surface area contributed by atoms with Crippen LogP contribution in [0.15, 0.2) is 33.8 Å². The zero-order valence-electron chi connectivity index (χ0n) is 14.1. The van der Waals surface area contributed by atoms with Gasteiger partial charge < -0.3 is 14.2 Å². The van der Waals surface area contributed by atoms with Gasteiger partial charge in [0.1, 0.15) is 5.75 Å². The molecule has 1 aliphatic heterocycles. The van der Waals surface area contributed by atoms with E-state index in [2.05, 4.69) is 26.5 Å². The second-order valence-electron chi connectivity index (χ2n) is 5.64. The normalized spacial score (nSPS) is 12.5. The highest BCUT2D eigenvalue weighted by molar-refractivity contribution is 9.10. The molecule has 0 radical (unpaired) electrons. The molecule has 0 unspecified atom stereocenters. The summed E-state index contributed by atoms with van der Waals surface area (Å²) in [7, 11) is 0. The number of nitrogens with one attached hydrogen (secondary N) is 1. The van der Waals surface area contributed by atoms with Crippen LogP contribution in [0.1, 0.15) is 16.7 Å². The molecule has 0 saturated heterocycles. The van der Waals surface area contributed by atoms with Crippen LogP contribution in [0.2, 0.25) is 5.02 Å². The first-order chi connectivity index (χ1) is 12.5. The summed E-state index contributed by atoms with van der Waals surface area (Å²) in [5.41, 5.74) is 4.94. The summed E-state index contributed by atoms with van der Waals surface area (Å²) in [5.74, 6) is 1.53. The van der Waals surface area contributed by atoms with Crippen LogP contribution >= 0.6 is 27.5 Å². The average Bonchev–Trinajstić information content (AvgIpc) is 3.09. The van der Waals surface area contributed by atoms with E-state index in [0.717, 1.165) is 21.2 Å². The average molecular weight is 440 g/mol. The molecule has 2 aromatic rings. The van der Waals surface area contributed by atoms with E-state index < -0.39 is 0 Å². The highest BCUT2D eigenvalue weighted by atomic mass is 79.9. The van der Waals surface area contributed by atoms with E-state index in [0.29, 0.717) is 22.3 Å². The lowest BCUT2D eigenvalue weighted by Gasteiger charge is -2.12. The number of benzene rings is 2. The molecule has 6 nitrogen and oxygen atoms in total. The summed E-state index contributed by atoms with van der Waals surface area (Å²) in [5, 5.41) is 4.59. The van der Waals surface area contributed by atoms with Crippen molar-refractivity contribution in [2.45, 2.75) is 13.8 Å². The molecule has 26 heavy (non-hydrogen) atoms. The zero-order valence-corrected chi connectivity index (χ0v) is 16.5. The van der Waals surface area contributed by atoms with Gasteiger partial charge in [-0.3, -0.25) is 4.79 Å². The maximum Gasteiger partial charge on any atom is 0.277 e. The Morgan fingerprint density at radius 1 is 1.35 bits per heavy atom. The molecular weight excluding hydrogens is 424 g/mol. The number of amides is 1. The maximum atomic E-state index is 11.9. The predicted octanol–water partition coefficient (Wildman–Crippen LogP) is 3.98. The van der Waals surface area contributed by atoms with E-state index in [1.54, 1.807) is 18.2 Å². The minimum absolute atomic E-state index is 0.169. The molecule has 3 rings (SSSR count). The second kappa shape index (κ2) is 7.97. The number of nitrogens with zero attached hydrogens (tertiary/aromatic N) is 1. The fourth-order valence-corrected chi connectivity index (χ4v) is 3.04. The van der Waals surface area contributed by atoms with E-state index in [-0.39, 0.29) is 19.3 Å². The van der Waals surface area contributed by atoms with E-state index >= 15 is 0 Å². The molecule has 0 saturated carbocycles. The monoisotopic (exact) mass is 438 g/mol. The van der Waals surface area contributed by atoms with E-state index in [1.165, 1.54) is 6.21 Å². The van der Waals surface area contributed by atoms with Crippen molar-refractivity contribution < 1.29 is 19.0 Å². The summed E-state index contributed by atoms with van der Waals surface area (Å²) in [4.78, 5) is 11.9. The Kier molecular flexibility index (Phi) is 5.68. The molecule has 2 aromatic carbocycles. The van der Waals surface area contributed by atoms with Crippen LogP contribution in [0.5, 0.6) is 17.2 Å². The van der Waals surface area contributed by atoms with Crippen LogP contribution in [0.25, 0.3) is 0 Å². The predicted molar refractivity (Wildman–Crippen MR) is 102 cm³/mol. The third-order valence-corrected chi connectivity index (χ3v) is 5.29. The number of aryl methyl sites for hydroxylation is 1. The minimum Gasteiger partial charge on any atom is -0.483 e. The highest BCUT2D eigenvalue weighted by Gasteiger charge is 2.13. The smallest absolute Gasteiger partial charge is 0.277 e. The number of carbonyl (C=O) groups excluding carboxylic acids is 1. The Hall–Kier alpha value is -2.25. The van der Waals surface area contributed by atoms with Crippen molar-refractivity contribution in [2.75, 3.05) is 13.4 Å². The number of hydrogen-bond donors (Lipinski definition) is 1. The first-order valence-electron chi connectivity index (χ1n) is 7.75. The number of halogens is 2. The van der Waals surface area contributed by atoms with Gasteiger partial charge in [0, 0.05) is 5.02 Å². The van der Waals surface area contributed by atoms with Gasteiger partial charge in [0.05, 0.1) is 10.7 Å². The van der Waals surface area contributed by atoms with Gasteiger partial charge in [0.15, 0.2) is 18.1 Å². The van der Waals surface area contributed by atoms with Crippen molar-refractivity contribution in [2.24, 2.45) is 5.10 Å². The van der Waals surface area contributed by atoms with Crippen molar-refractivity contribution in [1.82, 2.24) is 5.43 Å². The molecule has 1 N–H and O–H groups in total. The Morgan fingerprint density at radius 2 is 2.12 bits per heavy atom. The SMILES string of the molecule is Cc1cc(OCC(=O)N/N=C/c2ccc3c(c2)OCO3)c(Br)c(C)c1Cl. The summed E-state index contributed by atoms with van der Waals surface area (Å²) >= 11 is 9.61. The van der Waals surface area contributed by atoms with Gasteiger partial charge in [-0.25, -0.2) is 5.43 Å². The summed E-state index contributed by atoms with van der Waals surface area (Å²) in [6, 6.07) is 7.17. The number of ether oxygens (including phenoxy) is 3. The van der Waals surface area contributed by atoms with Gasteiger partial charge in [0.25, 0.3) is 5.91 Å². The standard InChI is InChI=1S/C18H16BrClN2O4/c1-10-5-15(17(19)11(2)18(10)20)24-8-16(23)22-21-7-12-3-4-13-14(6-12)26-9-25-13/h3-7H,8-9H2,1-2H3,(H,22,23)/b21-7+. The Bertz CT molecular complexity index is 886. The lowest BCUT2D eigenvalue weighted by Crippen LogP contribution is -2.24. The lowest BCUT2D eigenvalue weighted by molar-refractivity contribution is -0.123. The Labute approximate surface area is 164 Å². The van der Waals surface area contributed by atoms with E-state index in [9.17, 15) is 4.79 Å². The van der Waals surface area contributed by atoms with Crippen molar-refractivity contribution in [1.29, 1.82) is 0 Å². The summed E-state index contributed by atoms with van der Waals surface area (Å²) in [6.07, 6.45) is 1.52. The number of carbonyl (C=O) groups is 1. The molecule has 0 aromatic heterocycles. The molecule has 0 spiro atoms. The maximum absolute atomic E-state index is 11.9. The quantitative estimate of drug-likeness (QED) is 0.565. The van der Waals surface area contributed by atoms with Gasteiger partial charge in [-0.1, -0.05) is 11.6 Å². The van der Waals surface area contributed by atoms with Gasteiger partial charge in [0.2, 0.25) is 6.79 Å². The molecule has 136 valence electrons. The molecule has 0 atom stereocenters. The molecular formula is C18H16BrClN2O4. The van der Waals surface area contributed by atoms with Crippen molar-refractivity contribution in [3.8, 4) is 17.2 Å². The van der Waals surface area contributed by atoms with Crippen molar-refractivity contribution in [3.63, 3.8) is 0 Å². The lowest BCUT2D eigenvalue weighted by atomic mass is 10.1. The first kappa shape index (κ1) is 18.5. The Balaban J connectivity index is 1.55. The van der Waals surface area contributed by atoms with Crippen LogP contribution in [0.3, 0.4) is 0 Å². The van der Waals surface area contributed by atoms with E-state index in [1.807, 2.05) is 19.9 Å². The van der Waals surface area contributed by atoms with Gasteiger partial charge >= 0.3 is 0 Å². The highest BCUT2D eigenvalue weighted by Crippen LogP contribution is 2.35. The van der Waals surface area contributed by atoms with Gasteiger partial charge in [-0.15, -0.1) is 0 Å². The number of hydrazone groups is 1. The van der Waals surface area contributed by atoms with Crippen LogP contribution < -0.4 is 19.6 Å². The van der Waals surface area contributed by atoms with Crippen molar-refractivity contribution in [3.05, 3.63) is 50.5 Å². The molecule has 1 heterocycles. The molecule has 1 amide bonds. The largest absolute Gasteiger partial charge is 0.483 e. The number of hydrogen-bond acceptors (Lipinski definition) is 5. The first-order valence-corrected chi connectivity index (χ1v) is 8.92. The molecule has 8 heteroatoms. The van der Waals surface area contributed by atoms with E-state index in [4.69, 9.17) is 25.8 Å². The fourth-order valence-electron chi connectivity index (χ4n) is 2.35. The van der Waals surface area contributed by atoms with Crippen molar-refractivity contribution >= 4 is 39.7 Å². The zero-order chi connectivity index (χ0) is 18.7.